The molecule has 0 aromatic heterocycles. The molecule has 0 saturated heterocycles. The molecule has 1 fully saturated rings. The van der Waals surface area contributed by atoms with Crippen molar-refractivity contribution in [1.82, 2.24) is 5.32 Å². The lowest BCUT2D eigenvalue weighted by Gasteiger charge is -2.34. The van der Waals surface area contributed by atoms with Gasteiger partial charge < -0.3 is 5.32 Å². The van der Waals surface area contributed by atoms with Crippen LogP contribution in [0.1, 0.15) is 47.0 Å². The fourth-order valence-electron chi connectivity index (χ4n) is 2.10. The number of hydrogen-bond acceptors (Lipinski definition) is 3. The van der Waals surface area contributed by atoms with E-state index in [1.54, 1.807) is 0 Å². The van der Waals surface area contributed by atoms with Crippen LogP contribution in [0.4, 0.5) is 0 Å². The van der Waals surface area contributed by atoms with Crippen LogP contribution in [-0.2, 0) is 9.84 Å². The molecule has 4 heteroatoms. The highest BCUT2D eigenvalue weighted by atomic mass is 32.2. The Morgan fingerprint density at radius 1 is 1.18 bits per heavy atom. The summed E-state index contributed by atoms with van der Waals surface area (Å²) in [6.07, 6.45) is 4.62. The van der Waals surface area contributed by atoms with Gasteiger partial charge in [-0.2, -0.15) is 0 Å². The van der Waals surface area contributed by atoms with Crippen molar-refractivity contribution < 1.29 is 8.42 Å². The first-order chi connectivity index (χ1) is 7.52. The standard InChI is InChI=1S/C13H27NO2S/c1-12(2,3)14-10-13(4,11-6-7-11)8-9-17(5,15)16/h11,14H,6-10H2,1-5H3. The monoisotopic (exact) mass is 261 g/mol. The van der Waals surface area contributed by atoms with Crippen molar-refractivity contribution in [3.05, 3.63) is 0 Å². The quantitative estimate of drug-likeness (QED) is 0.797. The number of rotatable bonds is 6. The molecule has 0 aliphatic heterocycles. The third kappa shape index (κ3) is 5.87. The molecule has 1 aliphatic rings. The Balaban J connectivity index is 2.56. The van der Waals surface area contributed by atoms with Crippen LogP contribution >= 0.6 is 0 Å². The summed E-state index contributed by atoms with van der Waals surface area (Å²) >= 11 is 0. The first kappa shape index (κ1) is 15.0. The average molecular weight is 261 g/mol. The summed E-state index contributed by atoms with van der Waals surface area (Å²) < 4.78 is 22.6. The van der Waals surface area contributed by atoms with Gasteiger partial charge in [0.2, 0.25) is 0 Å². The summed E-state index contributed by atoms with van der Waals surface area (Å²) in [7, 11) is -2.84. The van der Waals surface area contributed by atoms with Crippen LogP contribution in [0.2, 0.25) is 0 Å². The minimum Gasteiger partial charge on any atom is -0.312 e. The molecule has 0 spiro atoms. The van der Waals surface area contributed by atoms with E-state index in [1.165, 1.54) is 19.1 Å². The van der Waals surface area contributed by atoms with Gasteiger partial charge in [0.1, 0.15) is 9.84 Å². The van der Waals surface area contributed by atoms with E-state index in [-0.39, 0.29) is 11.0 Å². The van der Waals surface area contributed by atoms with Gasteiger partial charge in [0, 0.05) is 18.3 Å². The topological polar surface area (TPSA) is 46.2 Å². The molecule has 0 aromatic carbocycles. The van der Waals surface area contributed by atoms with Gasteiger partial charge in [-0.1, -0.05) is 6.92 Å². The van der Waals surface area contributed by atoms with Gasteiger partial charge in [-0.3, -0.25) is 0 Å². The number of nitrogens with one attached hydrogen (secondary N) is 1. The third-order valence-electron chi connectivity index (χ3n) is 3.63. The van der Waals surface area contributed by atoms with Gasteiger partial charge in [-0.25, -0.2) is 8.42 Å². The zero-order chi connectivity index (χ0) is 13.3. The summed E-state index contributed by atoms with van der Waals surface area (Å²) in [5.41, 5.74) is 0.234. The Hall–Kier alpha value is -0.0900. The van der Waals surface area contributed by atoms with Gasteiger partial charge in [0.15, 0.2) is 0 Å². The predicted molar refractivity (Wildman–Crippen MR) is 72.9 cm³/mol. The Kier molecular flexibility index (Phi) is 4.30. The van der Waals surface area contributed by atoms with Crippen LogP contribution in [0.15, 0.2) is 0 Å². The van der Waals surface area contributed by atoms with E-state index in [9.17, 15) is 8.42 Å². The van der Waals surface area contributed by atoms with Crippen molar-refractivity contribution >= 4 is 9.84 Å². The van der Waals surface area contributed by atoms with Crippen LogP contribution in [-0.4, -0.2) is 32.5 Å². The van der Waals surface area contributed by atoms with Crippen molar-refractivity contribution in [2.75, 3.05) is 18.6 Å². The highest BCUT2D eigenvalue weighted by Gasteiger charge is 2.41. The highest BCUT2D eigenvalue weighted by molar-refractivity contribution is 7.90. The van der Waals surface area contributed by atoms with Crippen molar-refractivity contribution in [3.63, 3.8) is 0 Å². The molecule has 1 unspecified atom stereocenters. The largest absolute Gasteiger partial charge is 0.312 e. The van der Waals surface area contributed by atoms with E-state index >= 15 is 0 Å². The maximum absolute atomic E-state index is 11.3. The van der Waals surface area contributed by atoms with E-state index in [0.717, 1.165) is 13.0 Å². The van der Waals surface area contributed by atoms with Crippen LogP contribution in [0.5, 0.6) is 0 Å². The lowest BCUT2D eigenvalue weighted by molar-refractivity contribution is 0.222. The summed E-state index contributed by atoms with van der Waals surface area (Å²) in [5.74, 6) is 1.02. The SMILES string of the molecule is CC(C)(C)NCC(C)(CCS(C)(=O)=O)C1CC1. The molecule has 1 rings (SSSR count). The molecule has 0 radical (unpaired) electrons. The fraction of sp³-hybridized carbons (Fsp3) is 1.00. The van der Waals surface area contributed by atoms with Gasteiger partial charge in [-0.15, -0.1) is 0 Å². The normalized spacial score (nSPS) is 21.2. The van der Waals surface area contributed by atoms with E-state index in [0.29, 0.717) is 11.7 Å². The van der Waals surface area contributed by atoms with Crippen LogP contribution < -0.4 is 5.32 Å². The molecule has 102 valence electrons. The molecule has 0 heterocycles. The number of sulfone groups is 1. The second-order valence-electron chi connectivity index (χ2n) is 6.91. The Bertz CT molecular complexity index is 352. The van der Waals surface area contributed by atoms with Crippen molar-refractivity contribution in [3.8, 4) is 0 Å². The highest BCUT2D eigenvalue weighted by Crippen LogP contribution is 2.47. The average Bonchev–Trinajstić information content (AvgIpc) is 2.92. The first-order valence-corrected chi connectivity index (χ1v) is 8.51. The zero-order valence-corrected chi connectivity index (χ0v) is 12.7. The predicted octanol–water partition coefficient (Wildman–Crippen LogP) is 2.23. The number of hydrogen-bond donors (Lipinski definition) is 1. The van der Waals surface area contributed by atoms with E-state index in [2.05, 4.69) is 33.0 Å². The molecule has 0 aromatic rings. The molecule has 0 amide bonds. The van der Waals surface area contributed by atoms with Crippen LogP contribution in [0.3, 0.4) is 0 Å². The summed E-state index contributed by atoms with van der Waals surface area (Å²) in [6, 6.07) is 0. The second kappa shape index (κ2) is 4.88. The molecule has 1 N–H and O–H groups in total. The van der Waals surface area contributed by atoms with Crippen molar-refractivity contribution in [1.29, 1.82) is 0 Å². The lowest BCUT2D eigenvalue weighted by Crippen LogP contribution is -2.44. The maximum atomic E-state index is 11.3. The molecule has 1 aliphatic carbocycles. The Morgan fingerprint density at radius 2 is 1.71 bits per heavy atom. The van der Waals surface area contributed by atoms with E-state index in [1.807, 2.05) is 0 Å². The van der Waals surface area contributed by atoms with E-state index < -0.39 is 9.84 Å². The minimum atomic E-state index is -2.84. The van der Waals surface area contributed by atoms with Crippen molar-refractivity contribution in [2.45, 2.75) is 52.5 Å². The smallest absolute Gasteiger partial charge is 0.147 e. The van der Waals surface area contributed by atoms with Gasteiger partial charge in [0.25, 0.3) is 0 Å². The molecular weight excluding hydrogens is 234 g/mol. The Morgan fingerprint density at radius 3 is 2.06 bits per heavy atom. The molecule has 1 atom stereocenters. The molecule has 1 saturated carbocycles. The molecule has 0 bridgehead atoms. The first-order valence-electron chi connectivity index (χ1n) is 6.45. The lowest BCUT2D eigenvalue weighted by atomic mass is 9.81. The van der Waals surface area contributed by atoms with E-state index in [4.69, 9.17) is 0 Å². The minimum absolute atomic E-state index is 0.0985. The van der Waals surface area contributed by atoms with Crippen LogP contribution in [0.25, 0.3) is 0 Å². The van der Waals surface area contributed by atoms with Gasteiger partial charge in [0.05, 0.1) is 5.75 Å². The summed E-state index contributed by atoms with van der Waals surface area (Å²) in [4.78, 5) is 0. The van der Waals surface area contributed by atoms with Gasteiger partial charge in [-0.05, 0) is 51.4 Å². The fourth-order valence-corrected chi connectivity index (χ4v) is 2.94. The molecule has 3 nitrogen and oxygen atoms in total. The van der Waals surface area contributed by atoms with Crippen LogP contribution in [0, 0.1) is 11.3 Å². The maximum Gasteiger partial charge on any atom is 0.147 e. The molecule has 17 heavy (non-hydrogen) atoms. The third-order valence-corrected chi connectivity index (χ3v) is 4.58. The second-order valence-corrected chi connectivity index (χ2v) is 9.17. The molecular formula is C13H27NO2S. The Labute approximate surface area is 106 Å². The summed E-state index contributed by atoms with van der Waals surface area (Å²) in [6.45, 7) is 9.59. The zero-order valence-electron chi connectivity index (χ0n) is 11.8. The summed E-state index contributed by atoms with van der Waals surface area (Å²) in [5, 5.41) is 3.53. The van der Waals surface area contributed by atoms with Gasteiger partial charge >= 0.3 is 0 Å². The van der Waals surface area contributed by atoms with Crippen molar-refractivity contribution in [2.24, 2.45) is 11.3 Å².